The second-order valence-electron chi connectivity index (χ2n) is 13.8. The zero-order valence-electron chi connectivity index (χ0n) is 25.6. The number of hydrogen-bond acceptors (Lipinski definition) is 12. The topological polar surface area (TPSA) is 172 Å². The van der Waals surface area contributed by atoms with Crippen molar-refractivity contribution in [2.75, 3.05) is 20.3 Å². The van der Waals surface area contributed by atoms with Crippen LogP contribution in [0.3, 0.4) is 0 Å². The van der Waals surface area contributed by atoms with Crippen molar-refractivity contribution in [3.05, 3.63) is 23.0 Å². The normalized spacial score (nSPS) is 42.3. The first-order valence-corrected chi connectivity index (χ1v) is 15.3. The van der Waals surface area contributed by atoms with Gasteiger partial charge in [0, 0.05) is 24.3 Å². The molecule has 240 valence electrons. The average molecular weight is 617 g/mol. The monoisotopic (exact) mass is 616 g/mol. The Morgan fingerprint density at radius 3 is 2.45 bits per heavy atom. The van der Waals surface area contributed by atoms with E-state index in [1.807, 2.05) is 6.92 Å². The lowest BCUT2D eigenvalue weighted by atomic mass is 9.56. The highest BCUT2D eigenvalue weighted by molar-refractivity contribution is 5.96. The number of rotatable bonds is 7. The molecule has 3 saturated carbocycles. The van der Waals surface area contributed by atoms with Crippen LogP contribution < -0.4 is 0 Å². The van der Waals surface area contributed by atoms with Crippen LogP contribution in [0, 0.1) is 40.9 Å². The summed E-state index contributed by atoms with van der Waals surface area (Å²) in [5, 5.41) is 23.8. The maximum Gasteiger partial charge on any atom is 0.348 e. The first-order chi connectivity index (χ1) is 20.8. The summed E-state index contributed by atoms with van der Waals surface area (Å²) in [5.74, 6) is -6.88. The van der Waals surface area contributed by atoms with E-state index in [-0.39, 0.29) is 49.3 Å². The molecular weight excluding hydrogens is 576 g/mol. The Balaban J connectivity index is 1.48. The Labute approximate surface area is 255 Å². The molecule has 44 heavy (non-hydrogen) atoms. The molecule has 0 radical (unpaired) electrons. The van der Waals surface area contributed by atoms with Gasteiger partial charge in [-0.2, -0.15) is 0 Å². The van der Waals surface area contributed by atoms with Gasteiger partial charge in [-0.1, -0.05) is 12.5 Å². The number of aliphatic hydroxyl groups excluding tert-OH is 2. The van der Waals surface area contributed by atoms with Crippen LogP contribution in [-0.2, 0) is 47.7 Å². The van der Waals surface area contributed by atoms with E-state index in [9.17, 15) is 34.2 Å². The van der Waals surface area contributed by atoms with E-state index in [0.29, 0.717) is 11.1 Å². The molecule has 3 heterocycles. The van der Waals surface area contributed by atoms with E-state index in [1.54, 1.807) is 20.8 Å². The molecule has 3 saturated heterocycles. The molecule has 7 rings (SSSR count). The lowest BCUT2D eigenvalue weighted by Crippen LogP contribution is -2.71. The van der Waals surface area contributed by atoms with Crippen LogP contribution in [0.2, 0.25) is 0 Å². The molecule has 4 bridgehead atoms. The number of Topliss-reactive ketones (excluding diaryl/α,β-unsaturated/α-hetero) is 2. The molecule has 12 heteroatoms. The Morgan fingerprint density at radius 2 is 1.82 bits per heavy atom. The maximum absolute atomic E-state index is 13.7. The average Bonchev–Trinajstić information content (AvgIpc) is 3.82. The first kappa shape index (κ1) is 30.9. The van der Waals surface area contributed by atoms with Crippen LogP contribution in [0.4, 0.5) is 0 Å². The van der Waals surface area contributed by atoms with Crippen molar-refractivity contribution >= 4 is 29.5 Å². The third-order valence-corrected chi connectivity index (χ3v) is 11.0. The summed E-state index contributed by atoms with van der Waals surface area (Å²) >= 11 is 0. The van der Waals surface area contributed by atoms with Crippen molar-refractivity contribution in [1.29, 1.82) is 0 Å². The zero-order valence-corrected chi connectivity index (χ0v) is 25.6. The van der Waals surface area contributed by atoms with Crippen LogP contribution in [0.5, 0.6) is 0 Å². The molecule has 0 aromatic carbocycles. The number of carbonyl (C=O) groups excluding carboxylic acids is 5. The lowest BCUT2D eigenvalue weighted by molar-refractivity contribution is -0.266. The van der Waals surface area contributed by atoms with E-state index in [2.05, 4.69) is 0 Å². The number of allylic oxidation sites excluding steroid dienone is 3. The van der Waals surface area contributed by atoms with Crippen LogP contribution in [0.1, 0.15) is 53.4 Å². The predicted molar refractivity (Wildman–Crippen MR) is 148 cm³/mol. The second kappa shape index (κ2) is 10.8. The van der Waals surface area contributed by atoms with Crippen LogP contribution in [-0.4, -0.2) is 90.0 Å². The highest BCUT2D eigenvalue weighted by atomic mass is 16.6. The lowest BCUT2D eigenvalue weighted by Gasteiger charge is -2.53. The fraction of sp³-hybridized carbons (Fsp3) is 0.719. The van der Waals surface area contributed by atoms with Gasteiger partial charge >= 0.3 is 17.9 Å². The molecule has 7 aliphatic rings. The van der Waals surface area contributed by atoms with Gasteiger partial charge in [0.2, 0.25) is 11.7 Å². The van der Waals surface area contributed by atoms with Crippen molar-refractivity contribution in [3.63, 3.8) is 0 Å². The summed E-state index contributed by atoms with van der Waals surface area (Å²) in [4.78, 5) is 66.2. The molecule has 11 atom stereocenters. The zero-order chi connectivity index (χ0) is 31.9. The van der Waals surface area contributed by atoms with E-state index < -0.39 is 82.9 Å². The van der Waals surface area contributed by atoms with Gasteiger partial charge in [-0.05, 0) is 68.8 Å². The molecule has 0 aromatic rings. The Bertz CT molecular complexity index is 1360. The third kappa shape index (κ3) is 4.47. The summed E-state index contributed by atoms with van der Waals surface area (Å²) in [6, 6.07) is 0. The Hall–Kier alpha value is -3.09. The summed E-state index contributed by atoms with van der Waals surface area (Å²) in [6.07, 6.45) is -2.98. The largest absolute Gasteiger partial charge is 0.482 e. The summed E-state index contributed by atoms with van der Waals surface area (Å²) < 4.78 is 28.8. The van der Waals surface area contributed by atoms with Crippen molar-refractivity contribution in [3.8, 4) is 0 Å². The molecule has 6 fully saturated rings. The van der Waals surface area contributed by atoms with Crippen molar-refractivity contribution in [2.24, 2.45) is 40.9 Å². The minimum atomic E-state index is -2.25. The number of hydrogen-bond donors (Lipinski definition) is 2. The smallest absolute Gasteiger partial charge is 0.348 e. The number of ketones is 2. The minimum Gasteiger partial charge on any atom is -0.482 e. The SMILES string of the molecule is COC(=O)[C@@]12OC[C@H]3C4[C@@H](C[C@H]5C(C)=C(OCC(=O)C6CC6)C(=O)C[C@]5(C)C3[C@@H](O)[C@@H]1O)OC(=O)[C@H](OC(=O)C=C(C)C)[C@H]42. The second-order valence-corrected chi connectivity index (χ2v) is 13.8. The van der Waals surface area contributed by atoms with Gasteiger partial charge < -0.3 is 33.9 Å². The van der Waals surface area contributed by atoms with Gasteiger partial charge in [0.1, 0.15) is 18.8 Å². The van der Waals surface area contributed by atoms with E-state index in [1.165, 1.54) is 6.08 Å². The van der Waals surface area contributed by atoms with Crippen molar-refractivity contribution in [1.82, 2.24) is 0 Å². The fourth-order valence-electron chi connectivity index (χ4n) is 9.09. The minimum absolute atomic E-state index is 0.0350. The standard InChI is InChI=1S/C32H40O12/c1-13(2)8-21(35)44-27-24-22-16-11-42-32(24,30(39)40-5)28(37)25(36)23(16)31(4)10-18(33)26(41-12-19(34)15-6-7-15)14(3)17(31)9-20(22)43-29(27)38/h8,15-17,20,22-25,27-28,36-37H,6-7,9-12H2,1-5H3/t16-,17-,20+,22?,23?,24-,25+,27+,28-,31-,32-/m0/s1. The van der Waals surface area contributed by atoms with E-state index in [0.717, 1.165) is 20.0 Å². The molecular formula is C32H40O12. The molecule has 2 N–H and O–H groups in total. The molecule has 2 unspecified atom stereocenters. The van der Waals surface area contributed by atoms with Crippen molar-refractivity contribution < 1.29 is 57.9 Å². The van der Waals surface area contributed by atoms with E-state index >= 15 is 0 Å². The Kier molecular flexibility index (Phi) is 7.57. The van der Waals surface area contributed by atoms with Crippen molar-refractivity contribution in [2.45, 2.75) is 83.4 Å². The van der Waals surface area contributed by atoms with Gasteiger partial charge in [-0.15, -0.1) is 0 Å². The first-order valence-electron chi connectivity index (χ1n) is 15.3. The molecule has 12 nitrogen and oxygen atoms in total. The molecule has 0 amide bonds. The van der Waals surface area contributed by atoms with E-state index in [4.69, 9.17) is 23.7 Å². The van der Waals surface area contributed by atoms with Crippen LogP contribution in [0.25, 0.3) is 0 Å². The third-order valence-electron chi connectivity index (χ3n) is 11.0. The number of methoxy groups -OCH3 is 1. The number of esters is 3. The van der Waals surface area contributed by atoms with Gasteiger partial charge in [0.05, 0.1) is 25.7 Å². The number of carbonyl (C=O) groups is 5. The molecule has 0 spiro atoms. The highest BCUT2D eigenvalue weighted by Crippen LogP contribution is 2.65. The molecule has 0 aromatic heterocycles. The van der Waals surface area contributed by atoms with Gasteiger partial charge in [0.25, 0.3) is 0 Å². The van der Waals surface area contributed by atoms with Crippen LogP contribution in [0.15, 0.2) is 23.0 Å². The molecule has 4 aliphatic carbocycles. The summed E-state index contributed by atoms with van der Waals surface area (Å²) in [7, 11) is 1.11. The van der Waals surface area contributed by atoms with Crippen LogP contribution >= 0.6 is 0 Å². The van der Waals surface area contributed by atoms with Gasteiger partial charge in [0.15, 0.2) is 17.3 Å². The maximum atomic E-state index is 13.7. The van der Waals surface area contributed by atoms with Gasteiger partial charge in [-0.3, -0.25) is 9.59 Å². The molecule has 3 aliphatic heterocycles. The summed E-state index contributed by atoms with van der Waals surface area (Å²) in [5.41, 5.74) is -2.04. The highest BCUT2D eigenvalue weighted by Gasteiger charge is 2.76. The van der Waals surface area contributed by atoms with Gasteiger partial charge in [-0.25, -0.2) is 14.4 Å². The quantitative estimate of drug-likeness (QED) is 0.238. The summed E-state index contributed by atoms with van der Waals surface area (Å²) in [6.45, 7) is 6.65. The number of aliphatic hydroxyl groups is 2. The predicted octanol–water partition coefficient (Wildman–Crippen LogP) is 1.20. The fourth-order valence-corrected chi connectivity index (χ4v) is 9.09. The number of ether oxygens (including phenoxy) is 5. The Morgan fingerprint density at radius 1 is 1.11 bits per heavy atom. The number of fused-ring (bicyclic) bond motifs is 3.